The first kappa shape index (κ1) is 12.6. The molecular formula is C13H14N2O2S. The van der Waals surface area contributed by atoms with E-state index < -0.39 is 5.97 Å². The van der Waals surface area contributed by atoms with Gasteiger partial charge in [-0.2, -0.15) is 0 Å². The second-order valence-corrected chi connectivity index (χ2v) is 5.38. The molecule has 0 aliphatic heterocycles. The van der Waals surface area contributed by atoms with E-state index in [1.54, 1.807) is 12.3 Å². The number of nitrogens with zero attached hydrogens (tertiary/aromatic N) is 1. The van der Waals surface area contributed by atoms with Gasteiger partial charge in [0.15, 0.2) is 5.13 Å². The van der Waals surface area contributed by atoms with Crippen LogP contribution >= 0.6 is 11.3 Å². The Balaban J connectivity index is 2.37. The maximum Gasteiger partial charge on any atom is 0.335 e. The first-order chi connectivity index (χ1) is 8.47. The second kappa shape index (κ2) is 4.78. The Hall–Kier alpha value is -1.88. The summed E-state index contributed by atoms with van der Waals surface area (Å²) in [5.74, 6) is -0.888. The van der Waals surface area contributed by atoms with E-state index in [0.29, 0.717) is 17.1 Å². The molecule has 0 radical (unpaired) electrons. The summed E-state index contributed by atoms with van der Waals surface area (Å²) >= 11 is 1.43. The number of hydrogen-bond acceptors (Lipinski definition) is 4. The number of thiazole rings is 1. The van der Waals surface area contributed by atoms with Gasteiger partial charge in [-0.1, -0.05) is 6.07 Å². The third-order valence-corrected chi connectivity index (χ3v) is 3.73. The quantitative estimate of drug-likeness (QED) is 0.891. The molecule has 1 heterocycles. The standard InChI is InChI=1S/C13H14N2O2S/c1-7-3-9(4-10-6-15-13(14)18-10)5-11(8(7)2)12(16)17/h3,5-6H,4H2,1-2H3,(H2,14,15)(H,16,17). The number of anilines is 1. The minimum absolute atomic E-state index is 0.363. The molecule has 18 heavy (non-hydrogen) atoms. The van der Waals surface area contributed by atoms with Gasteiger partial charge in [0, 0.05) is 17.5 Å². The van der Waals surface area contributed by atoms with Gasteiger partial charge in [-0.3, -0.25) is 0 Å². The Morgan fingerprint density at radius 1 is 1.44 bits per heavy atom. The molecule has 0 aliphatic rings. The van der Waals surface area contributed by atoms with Crippen LogP contribution in [-0.2, 0) is 6.42 Å². The zero-order valence-electron chi connectivity index (χ0n) is 10.2. The predicted octanol–water partition coefficient (Wildman–Crippen LogP) is 2.63. The van der Waals surface area contributed by atoms with E-state index in [4.69, 9.17) is 10.8 Å². The van der Waals surface area contributed by atoms with Crippen LogP contribution in [0.2, 0.25) is 0 Å². The van der Waals surface area contributed by atoms with Gasteiger partial charge < -0.3 is 10.8 Å². The zero-order chi connectivity index (χ0) is 13.3. The van der Waals surface area contributed by atoms with Gasteiger partial charge in [-0.15, -0.1) is 11.3 Å². The lowest BCUT2D eigenvalue weighted by molar-refractivity contribution is 0.0696. The highest BCUT2D eigenvalue weighted by molar-refractivity contribution is 7.15. The summed E-state index contributed by atoms with van der Waals surface area (Å²) in [5.41, 5.74) is 8.72. The molecular weight excluding hydrogens is 248 g/mol. The summed E-state index contributed by atoms with van der Waals surface area (Å²) in [6.07, 6.45) is 2.39. The van der Waals surface area contributed by atoms with E-state index in [0.717, 1.165) is 21.6 Å². The summed E-state index contributed by atoms with van der Waals surface area (Å²) in [6, 6.07) is 3.73. The van der Waals surface area contributed by atoms with Crippen LogP contribution in [0.5, 0.6) is 0 Å². The van der Waals surface area contributed by atoms with Crippen molar-refractivity contribution in [3.8, 4) is 0 Å². The van der Waals surface area contributed by atoms with Crippen LogP contribution in [0.1, 0.15) is 31.9 Å². The Morgan fingerprint density at radius 2 is 2.17 bits per heavy atom. The number of rotatable bonds is 3. The average molecular weight is 262 g/mol. The number of hydrogen-bond donors (Lipinski definition) is 2. The molecule has 1 aromatic carbocycles. The fourth-order valence-corrected chi connectivity index (χ4v) is 2.58. The highest BCUT2D eigenvalue weighted by atomic mass is 32.1. The minimum Gasteiger partial charge on any atom is -0.478 e. The Morgan fingerprint density at radius 3 is 2.72 bits per heavy atom. The van der Waals surface area contributed by atoms with E-state index in [1.807, 2.05) is 19.9 Å². The third kappa shape index (κ3) is 2.51. The number of carboxylic acid groups (broad SMARTS) is 1. The smallest absolute Gasteiger partial charge is 0.335 e. The fourth-order valence-electron chi connectivity index (χ4n) is 1.86. The molecule has 0 bridgehead atoms. The maximum atomic E-state index is 11.2. The lowest BCUT2D eigenvalue weighted by Crippen LogP contribution is -2.03. The van der Waals surface area contributed by atoms with Crippen molar-refractivity contribution in [1.29, 1.82) is 0 Å². The van der Waals surface area contributed by atoms with Crippen molar-refractivity contribution in [2.45, 2.75) is 20.3 Å². The van der Waals surface area contributed by atoms with Crippen molar-refractivity contribution in [3.63, 3.8) is 0 Å². The number of benzene rings is 1. The third-order valence-electron chi connectivity index (χ3n) is 2.91. The molecule has 1 aromatic heterocycles. The highest BCUT2D eigenvalue weighted by Gasteiger charge is 2.11. The van der Waals surface area contributed by atoms with Crippen LogP contribution in [0.3, 0.4) is 0 Å². The van der Waals surface area contributed by atoms with Crippen molar-refractivity contribution < 1.29 is 9.90 Å². The molecule has 2 aromatic rings. The Kier molecular flexibility index (Phi) is 3.34. The first-order valence-electron chi connectivity index (χ1n) is 5.51. The summed E-state index contributed by atoms with van der Waals surface area (Å²) < 4.78 is 0. The van der Waals surface area contributed by atoms with Crippen LogP contribution in [0, 0.1) is 13.8 Å². The lowest BCUT2D eigenvalue weighted by Gasteiger charge is -2.08. The summed E-state index contributed by atoms with van der Waals surface area (Å²) in [6.45, 7) is 3.75. The molecule has 4 nitrogen and oxygen atoms in total. The first-order valence-corrected chi connectivity index (χ1v) is 6.32. The Bertz CT molecular complexity index is 605. The molecule has 0 saturated heterocycles. The van der Waals surface area contributed by atoms with Crippen molar-refractivity contribution in [3.05, 3.63) is 45.5 Å². The summed E-state index contributed by atoms with van der Waals surface area (Å²) in [7, 11) is 0. The predicted molar refractivity (Wildman–Crippen MR) is 72.2 cm³/mol. The number of nitrogens with two attached hydrogens (primary N) is 1. The molecule has 3 N–H and O–H groups in total. The molecule has 0 saturated carbocycles. The minimum atomic E-state index is -0.888. The molecule has 94 valence electrons. The molecule has 2 rings (SSSR count). The van der Waals surface area contributed by atoms with Gasteiger partial charge in [0.2, 0.25) is 0 Å². The van der Waals surface area contributed by atoms with Crippen LogP contribution in [0.4, 0.5) is 5.13 Å². The van der Waals surface area contributed by atoms with E-state index in [9.17, 15) is 4.79 Å². The number of carbonyl (C=O) groups is 1. The summed E-state index contributed by atoms with van der Waals surface area (Å²) in [4.78, 5) is 16.2. The highest BCUT2D eigenvalue weighted by Crippen LogP contribution is 2.22. The van der Waals surface area contributed by atoms with Gasteiger partial charge in [0.05, 0.1) is 5.56 Å². The monoisotopic (exact) mass is 262 g/mol. The molecule has 0 fully saturated rings. The number of aryl methyl sites for hydroxylation is 1. The van der Waals surface area contributed by atoms with Gasteiger partial charge in [-0.05, 0) is 36.6 Å². The fraction of sp³-hybridized carbons (Fsp3) is 0.231. The van der Waals surface area contributed by atoms with Crippen molar-refractivity contribution in [1.82, 2.24) is 4.98 Å². The largest absolute Gasteiger partial charge is 0.478 e. The van der Waals surface area contributed by atoms with Gasteiger partial charge >= 0.3 is 5.97 Å². The van der Waals surface area contributed by atoms with E-state index in [2.05, 4.69) is 4.98 Å². The van der Waals surface area contributed by atoms with Crippen molar-refractivity contribution in [2.24, 2.45) is 0 Å². The van der Waals surface area contributed by atoms with Crippen LogP contribution in [0.15, 0.2) is 18.3 Å². The van der Waals surface area contributed by atoms with Crippen molar-refractivity contribution in [2.75, 3.05) is 5.73 Å². The summed E-state index contributed by atoms with van der Waals surface area (Å²) in [5, 5.41) is 9.69. The van der Waals surface area contributed by atoms with Crippen molar-refractivity contribution >= 4 is 22.4 Å². The van der Waals surface area contributed by atoms with Crippen LogP contribution < -0.4 is 5.73 Å². The van der Waals surface area contributed by atoms with Gasteiger partial charge in [0.1, 0.15) is 0 Å². The molecule has 5 heteroatoms. The number of nitrogen functional groups attached to an aromatic ring is 1. The molecule has 0 amide bonds. The number of carboxylic acids is 1. The van der Waals surface area contributed by atoms with Gasteiger partial charge in [0.25, 0.3) is 0 Å². The molecule has 0 aliphatic carbocycles. The number of aromatic nitrogens is 1. The lowest BCUT2D eigenvalue weighted by atomic mass is 9.98. The average Bonchev–Trinajstić information content (AvgIpc) is 2.68. The van der Waals surface area contributed by atoms with Crippen LogP contribution in [-0.4, -0.2) is 16.1 Å². The maximum absolute atomic E-state index is 11.2. The molecule has 0 spiro atoms. The SMILES string of the molecule is Cc1cc(Cc2cnc(N)s2)cc(C(=O)O)c1C. The topological polar surface area (TPSA) is 76.2 Å². The van der Waals surface area contributed by atoms with E-state index in [1.165, 1.54) is 11.3 Å². The normalized spacial score (nSPS) is 10.6. The Labute approximate surface area is 109 Å². The second-order valence-electron chi connectivity index (χ2n) is 4.23. The molecule has 0 unspecified atom stereocenters. The molecule has 0 atom stereocenters. The number of aromatic carboxylic acids is 1. The van der Waals surface area contributed by atoms with Gasteiger partial charge in [-0.25, -0.2) is 9.78 Å². The van der Waals surface area contributed by atoms with E-state index >= 15 is 0 Å². The van der Waals surface area contributed by atoms with E-state index in [-0.39, 0.29) is 0 Å². The van der Waals surface area contributed by atoms with Crippen LogP contribution in [0.25, 0.3) is 0 Å². The zero-order valence-corrected chi connectivity index (χ0v) is 11.0.